The molecule has 1 saturated carbocycles. The molecule has 13 rings (SSSR count). The Hall–Kier alpha value is -6.18. The third-order valence-electron chi connectivity index (χ3n) is 16.8. The summed E-state index contributed by atoms with van der Waals surface area (Å²) in [5, 5.41) is 60.1. The molecule has 1 amide bonds. The molecule has 5 aliphatic carbocycles. The number of aromatic hydroxyl groups is 1. The summed E-state index contributed by atoms with van der Waals surface area (Å²) >= 11 is 0. The minimum absolute atomic E-state index is 0.000870. The zero-order valence-corrected chi connectivity index (χ0v) is 38.7. The smallest absolute Gasteiger partial charge is 0.254 e. The topological polar surface area (TPSA) is 197 Å². The van der Waals surface area contributed by atoms with Crippen LogP contribution < -0.4 is 9.47 Å². The number of ether oxygens (including phenoxy) is 5. The van der Waals surface area contributed by atoms with Crippen LogP contribution in [0.15, 0.2) is 69.4 Å². The fourth-order valence-corrected chi connectivity index (χ4v) is 13.4. The van der Waals surface area contributed by atoms with Crippen LogP contribution >= 0.6 is 0 Å². The summed E-state index contributed by atoms with van der Waals surface area (Å²) < 4.78 is 32.8. The molecule has 3 aromatic carbocycles. The van der Waals surface area contributed by atoms with Crippen molar-refractivity contribution >= 4 is 40.3 Å². The maximum absolute atomic E-state index is 15.4. The first-order chi connectivity index (χ1) is 34.1. The van der Waals surface area contributed by atoms with Gasteiger partial charge in [-0.2, -0.15) is 4.99 Å². The first kappa shape index (κ1) is 43.8. The lowest BCUT2D eigenvalue weighted by atomic mass is 9.69. The standard InChI is InChI=1S/C56H52N2O12/c1-66-51-34-13-12-31-19-29-6-3-8-32(29)45-44(31)46(34)48-50(63)47(45)41(61)24-58-23-39-27(5-2-9-33(39)54(58)64)7-4-18-67-53-49(62)43-25-68-42(15-14-35(51)52(48)70-55(69-43)56(53,65)26-60)38-22-57-40-20-30-11-10-28(16-17-59)36(30)21-37(38)40/h2,5,9,14-15,19-22,28-29,32,42-43,49,53,55,59-60,62,65H,3,6-8,10-13,16-17,23-26H2,1H3/p+1/b15-14+/t28-,29+,32-,42-,43-,49-,53+,55-,56-/m1/s1. The van der Waals surface area contributed by atoms with Gasteiger partial charge in [-0.15, -0.1) is 0 Å². The average molecular weight is 946 g/mol. The van der Waals surface area contributed by atoms with Gasteiger partial charge in [0.2, 0.25) is 6.29 Å². The highest BCUT2D eigenvalue weighted by Crippen LogP contribution is 2.60. The fourth-order valence-electron chi connectivity index (χ4n) is 13.4. The van der Waals surface area contributed by atoms with Crippen LogP contribution in [0.25, 0.3) is 22.4 Å². The van der Waals surface area contributed by atoms with E-state index >= 15 is 4.79 Å². The molecule has 5 heterocycles. The molecular weight excluding hydrogens is 893 g/mol. The number of carbonyl (C=O) groups is 2. The molecule has 10 aliphatic rings. The maximum atomic E-state index is 15.4. The lowest BCUT2D eigenvalue weighted by Gasteiger charge is -2.47. The molecule has 5 N–H and O–H groups in total. The molecule has 358 valence electrons. The molecule has 3 aromatic rings. The molecule has 14 heteroatoms. The number of rotatable bonds is 5. The van der Waals surface area contributed by atoms with Gasteiger partial charge in [0.15, 0.2) is 23.2 Å². The van der Waals surface area contributed by atoms with Crippen molar-refractivity contribution in [1.29, 1.82) is 0 Å². The van der Waals surface area contributed by atoms with Crippen molar-refractivity contribution in [3.63, 3.8) is 0 Å². The number of Topliss-reactive ketones (excluding diaryl/α,β-unsaturated/α-hetero) is 1. The molecule has 0 spiro atoms. The monoisotopic (exact) mass is 945 g/mol. The summed E-state index contributed by atoms with van der Waals surface area (Å²) in [5.41, 5.74) is 8.16. The van der Waals surface area contributed by atoms with Gasteiger partial charge < -0.3 is 54.1 Å². The third-order valence-corrected chi connectivity index (χ3v) is 16.8. The summed E-state index contributed by atoms with van der Waals surface area (Å²) in [4.78, 5) is 35.9. The Morgan fingerprint density at radius 2 is 1.94 bits per heavy atom. The Labute approximate surface area is 404 Å². The van der Waals surface area contributed by atoms with Crippen LogP contribution in [0.2, 0.25) is 0 Å². The molecule has 1 saturated heterocycles. The molecular formula is C56H53N2O12+. The number of aryl methyl sites for hydroxylation is 1. The van der Waals surface area contributed by atoms with E-state index in [9.17, 15) is 30.3 Å². The van der Waals surface area contributed by atoms with Gasteiger partial charge in [0, 0.05) is 66.0 Å². The van der Waals surface area contributed by atoms with Crippen LogP contribution in [0, 0.1) is 30.3 Å². The van der Waals surface area contributed by atoms with E-state index < -0.39 is 48.7 Å². The number of nitrogens with zero attached hydrogens (tertiary/aromatic N) is 2. The second-order valence-electron chi connectivity index (χ2n) is 20.3. The predicted octanol–water partition coefficient (Wildman–Crippen LogP) is 5.69. The Bertz CT molecular complexity index is 3110. The number of benzene rings is 3. The SMILES string of the molecule is COc1c2c3c4c(O)c(c5c6c4c1CCC6=C[C@@H]1CCC[C@@H]51)C(=O)CN1Cc4c(cccc4C1=O)CC#CO[C@H]1[C@H](O)[C@@H](CO[C@@H](C4=C5[CH+]C6=C(C=C5N=C4)CC[C@@H]6CCO)/C=C/2)O[C@H](O3)[C@@]1(O)CO. The van der Waals surface area contributed by atoms with E-state index in [0.29, 0.717) is 41.5 Å². The van der Waals surface area contributed by atoms with E-state index in [4.69, 9.17) is 28.7 Å². The molecule has 0 aromatic heterocycles. The molecule has 5 aliphatic heterocycles. The minimum Gasteiger partial charge on any atom is -0.506 e. The molecule has 70 heavy (non-hydrogen) atoms. The number of fused-ring (bicyclic) bond motifs is 8. The fraction of sp³-hybridized carbons (Fsp3) is 0.429. The van der Waals surface area contributed by atoms with Gasteiger partial charge in [-0.1, -0.05) is 30.6 Å². The number of aliphatic hydroxyl groups is 4. The average Bonchev–Trinajstić information content (AvgIpc) is 4.17. The van der Waals surface area contributed by atoms with Crippen LogP contribution in [-0.2, 0) is 33.6 Å². The van der Waals surface area contributed by atoms with E-state index in [1.165, 1.54) is 16.0 Å². The third kappa shape index (κ3) is 6.35. The summed E-state index contributed by atoms with van der Waals surface area (Å²) in [6.07, 6.45) is 14.1. The number of methoxy groups -OCH3 is 1. The number of hydrogen-bond donors (Lipinski definition) is 5. The van der Waals surface area contributed by atoms with E-state index in [0.717, 1.165) is 82.3 Å². The van der Waals surface area contributed by atoms with Crippen molar-refractivity contribution in [3.05, 3.63) is 115 Å². The van der Waals surface area contributed by atoms with Crippen LogP contribution in [0.1, 0.15) is 105 Å². The van der Waals surface area contributed by atoms with E-state index in [2.05, 4.69) is 30.6 Å². The van der Waals surface area contributed by atoms with Crippen molar-refractivity contribution in [2.75, 3.05) is 33.5 Å². The zero-order chi connectivity index (χ0) is 47.7. The summed E-state index contributed by atoms with van der Waals surface area (Å²) in [5.74, 6) is 2.69. The van der Waals surface area contributed by atoms with Crippen molar-refractivity contribution < 1.29 is 58.8 Å². The second kappa shape index (κ2) is 16.4. The van der Waals surface area contributed by atoms with Crippen molar-refractivity contribution in [1.82, 2.24) is 4.90 Å². The Kier molecular flexibility index (Phi) is 10.3. The van der Waals surface area contributed by atoms with E-state index in [1.54, 1.807) is 31.5 Å². The molecule has 14 nitrogen and oxygen atoms in total. The van der Waals surface area contributed by atoms with E-state index in [-0.39, 0.29) is 78.8 Å². The van der Waals surface area contributed by atoms with Crippen LogP contribution in [-0.4, -0.2) is 118 Å². The lowest BCUT2D eigenvalue weighted by Crippen LogP contribution is -2.70. The zero-order valence-electron chi connectivity index (χ0n) is 38.7. The lowest BCUT2D eigenvalue weighted by molar-refractivity contribution is -0.327. The number of ketones is 1. The van der Waals surface area contributed by atoms with Crippen molar-refractivity contribution in [3.8, 4) is 29.3 Å². The van der Waals surface area contributed by atoms with Gasteiger partial charge in [0.05, 0.1) is 61.2 Å². The van der Waals surface area contributed by atoms with Gasteiger partial charge in [0.1, 0.15) is 47.2 Å². The summed E-state index contributed by atoms with van der Waals surface area (Å²) in [6, 6.07) is 5.36. The van der Waals surface area contributed by atoms with Crippen molar-refractivity contribution in [2.24, 2.45) is 16.8 Å². The van der Waals surface area contributed by atoms with Crippen LogP contribution in [0.5, 0.6) is 17.2 Å². The van der Waals surface area contributed by atoms with E-state index in [1.807, 2.05) is 12.1 Å². The summed E-state index contributed by atoms with van der Waals surface area (Å²) in [6.45, 7) is -1.31. The number of amides is 1. The Morgan fingerprint density at radius 3 is 2.79 bits per heavy atom. The highest BCUT2D eigenvalue weighted by atomic mass is 16.7. The van der Waals surface area contributed by atoms with Gasteiger partial charge in [-0.3, -0.25) is 9.59 Å². The molecule has 0 radical (unpaired) electrons. The molecule has 0 unspecified atom stereocenters. The van der Waals surface area contributed by atoms with Gasteiger partial charge >= 0.3 is 0 Å². The first-order valence-corrected chi connectivity index (χ1v) is 24.6. The number of phenols is 1. The number of hydrogen-bond acceptors (Lipinski definition) is 13. The quantitative estimate of drug-likeness (QED) is 0.155. The van der Waals surface area contributed by atoms with Crippen molar-refractivity contribution in [2.45, 2.75) is 107 Å². The van der Waals surface area contributed by atoms with Crippen LogP contribution in [0.4, 0.5) is 0 Å². The highest BCUT2D eigenvalue weighted by Gasteiger charge is 2.59. The second-order valence-corrected chi connectivity index (χ2v) is 20.3. The number of aliphatic hydroxyl groups excluding tert-OH is 3. The molecule has 8 bridgehead atoms. The molecule has 2 fully saturated rings. The Morgan fingerprint density at radius 1 is 1.06 bits per heavy atom. The maximum Gasteiger partial charge on any atom is 0.254 e. The van der Waals surface area contributed by atoms with Gasteiger partial charge in [-0.05, 0) is 96.4 Å². The highest BCUT2D eigenvalue weighted by molar-refractivity contribution is 6.17. The summed E-state index contributed by atoms with van der Waals surface area (Å²) in [7, 11) is 1.57. The number of phenolic OH excluding ortho intramolecular Hbond substituents is 1. The normalized spacial score (nSPS) is 31.5. The largest absolute Gasteiger partial charge is 0.506 e. The van der Waals surface area contributed by atoms with Crippen LogP contribution in [0.3, 0.4) is 0 Å². The Balaban J connectivity index is 1.07. The number of aliphatic imine (C=N–C) groups is 1. The predicted molar refractivity (Wildman–Crippen MR) is 256 cm³/mol. The number of carbonyl (C=O) groups excluding carboxylic acids is 2. The first-order valence-electron chi connectivity index (χ1n) is 24.6. The minimum atomic E-state index is -2.47. The molecule has 9 atom stereocenters. The van der Waals surface area contributed by atoms with Gasteiger partial charge in [0.25, 0.3) is 5.91 Å². The van der Waals surface area contributed by atoms with Gasteiger partial charge in [-0.25, -0.2) is 0 Å². The number of allylic oxidation sites excluding steroid dienone is 6.